The lowest BCUT2D eigenvalue weighted by atomic mass is 10.2. The molecule has 0 aliphatic rings. The number of rotatable bonds is 7. The Morgan fingerprint density at radius 3 is 2.76 bits per heavy atom. The molecule has 0 saturated carbocycles. The lowest BCUT2D eigenvalue weighted by molar-refractivity contribution is 0.0943. The molecular weight excluding hydrogens is 310 g/mol. The van der Waals surface area contributed by atoms with Gasteiger partial charge in [0.15, 0.2) is 0 Å². The van der Waals surface area contributed by atoms with E-state index in [1.54, 1.807) is 25.3 Å². The Balaban J connectivity index is 1.97. The summed E-state index contributed by atoms with van der Waals surface area (Å²) in [6.07, 6.45) is 0. The molecule has 1 heterocycles. The van der Waals surface area contributed by atoms with Crippen LogP contribution in [0, 0.1) is 0 Å². The molecule has 0 aliphatic heterocycles. The van der Waals surface area contributed by atoms with E-state index in [1.165, 1.54) is 11.3 Å². The monoisotopic (exact) mass is 325 g/mol. The fourth-order valence-electron chi connectivity index (χ4n) is 1.72. The fraction of sp³-hybridized carbons (Fsp3) is 0.267. The van der Waals surface area contributed by atoms with Gasteiger partial charge in [0.25, 0.3) is 5.91 Å². The van der Waals surface area contributed by atoms with Crippen molar-refractivity contribution in [3.05, 3.63) is 51.2 Å². The van der Waals surface area contributed by atoms with E-state index in [0.717, 1.165) is 4.88 Å². The van der Waals surface area contributed by atoms with Crippen LogP contribution in [-0.4, -0.2) is 26.2 Å². The number of ether oxygens (including phenoxy) is 2. The highest BCUT2D eigenvalue weighted by atomic mass is 35.5. The van der Waals surface area contributed by atoms with E-state index < -0.39 is 0 Å². The summed E-state index contributed by atoms with van der Waals surface area (Å²) >= 11 is 7.31. The van der Waals surface area contributed by atoms with E-state index in [4.69, 9.17) is 21.1 Å². The van der Waals surface area contributed by atoms with Crippen LogP contribution in [-0.2, 0) is 11.3 Å². The van der Waals surface area contributed by atoms with Gasteiger partial charge in [-0.3, -0.25) is 4.79 Å². The number of carbonyl (C=O) groups excluding carboxylic acids is 1. The molecule has 2 rings (SSSR count). The molecule has 0 bridgehead atoms. The molecule has 112 valence electrons. The molecule has 0 radical (unpaired) electrons. The van der Waals surface area contributed by atoms with E-state index >= 15 is 0 Å². The summed E-state index contributed by atoms with van der Waals surface area (Å²) < 4.78 is 11.2. The number of methoxy groups -OCH3 is 1. The highest BCUT2D eigenvalue weighted by molar-refractivity contribution is 7.16. The van der Waals surface area contributed by atoms with Crippen molar-refractivity contribution in [2.75, 3.05) is 20.3 Å². The van der Waals surface area contributed by atoms with Crippen LogP contribution in [0.25, 0.3) is 0 Å². The number of carbonyl (C=O) groups is 1. The lowest BCUT2D eigenvalue weighted by Gasteiger charge is -2.11. The number of hydrogen-bond acceptors (Lipinski definition) is 4. The SMILES string of the molecule is COCCOc1ccccc1C(=O)NCc1ccc(Cl)s1. The van der Waals surface area contributed by atoms with E-state index in [2.05, 4.69) is 5.32 Å². The quantitative estimate of drug-likeness (QED) is 0.794. The van der Waals surface area contributed by atoms with Gasteiger partial charge in [-0.1, -0.05) is 23.7 Å². The summed E-state index contributed by atoms with van der Waals surface area (Å²) in [7, 11) is 1.61. The summed E-state index contributed by atoms with van der Waals surface area (Å²) in [6.45, 7) is 1.33. The highest BCUT2D eigenvalue weighted by Crippen LogP contribution is 2.22. The van der Waals surface area contributed by atoms with Crippen LogP contribution in [0.3, 0.4) is 0 Å². The Kier molecular flexibility index (Phi) is 6.04. The van der Waals surface area contributed by atoms with Crippen molar-refractivity contribution in [3.63, 3.8) is 0 Å². The molecular formula is C15H16ClNO3S. The molecule has 2 aromatic rings. The first-order valence-electron chi connectivity index (χ1n) is 6.44. The topological polar surface area (TPSA) is 47.6 Å². The van der Waals surface area contributed by atoms with Crippen molar-refractivity contribution in [2.24, 2.45) is 0 Å². The van der Waals surface area contributed by atoms with Crippen molar-refractivity contribution < 1.29 is 14.3 Å². The predicted octanol–water partition coefficient (Wildman–Crippen LogP) is 3.36. The first-order valence-corrected chi connectivity index (χ1v) is 7.63. The van der Waals surface area contributed by atoms with Gasteiger partial charge >= 0.3 is 0 Å². The Hall–Kier alpha value is -1.56. The summed E-state index contributed by atoms with van der Waals surface area (Å²) in [5.74, 6) is 0.379. The molecule has 0 fully saturated rings. The number of thiophene rings is 1. The van der Waals surface area contributed by atoms with Gasteiger partial charge in [-0.05, 0) is 24.3 Å². The zero-order valence-corrected chi connectivity index (χ0v) is 13.2. The maximum Gasteiger partial charge on any atom is 0.255 e. The van der Waals surface area contributed by atoms with Gasteiger partial charge in [0.1, 0.15) is 12.4 Å². The number of nitrogens with one attached hydrogen (secondary N) is 1. The molecule has 6 heteroatoms. The maximum atomic E-state index is 12.2. The van der Waals surface area contributed by atoms with Crippen LogP contribution in [0.2, 0.25) is 4.34 Å². The molecule has 1 amide bonds. The fourth-order valence-corrected chi connectivity index (χ4v) is 2.75. The van der Waals surface area contributed by atoms with E-state index in [-0.39, 0.29) is 5.91 Å². The van der Waals surface area contributed by atoms with Crippen LogP contribution < -0.4 is 10.1 Å². The van der Waals surface area contributed by atoms with Gasteiger partial charge in [0.2, 0.25) is 0 Å². The van der Waals surface area contributed by atoms with Gasteiger partial charge in [-0.25, -0.2) is 0 Å². The molecule has 21 heavy (non-hydrogen) atoms. The molecule has 1 aromatic heterocycles. The molecule has 0 aliphatic carbocycles. The van der Waals surface area contributed by atoms with Crippen LogP contribution in [0.15, 0.2) is 36.4 Å². The van der Waals surface area contributed by atoms with Gasteiger partial charge in [-0.15, -0.1) is 11.3 Å². The number of hydrogen-bond donors (Lipinski definition) is 1. The largest absolute Gasteiger partial charge is 0.490 e. The zero-order chi connectivity index (χ0) is 15.1. The summed E-state index contributed by atoms with van der Waals surface area (Å²) in [5, 5.41) is 2.86. The van der Waals surface area contributed by atoms with Crippen LogP contribution in [0.1, 0.15) is 15.2 Å². The van der Waals surface area contributed by atoms with Gasteiger partial charge in [0, 0.05) is 12.0 Å². The summed E-state index contributed by atoms with van der Waals surface area (Å²) in [6, 6.07) is 10.9. The minimum atomic E-state index is -0.174. The second-order valence-electron chi connectivity index (χ2n) is 4.23. The molecule has 0 spiro atoms. The van der Waals surface area contributed by atoms with Gasteiger partial charge < -0.3 is 14.8 Å². The van der Waals surface area contributed by atoms with E-state index in [0.29, 0.717) is 35.4 Å². The molecule has 0 atom stereocenters. The van der Waals surface area contributed by atoms with Gasteiger partial charge in [-0.2, -0.15) is 0 Å². The smallest absolute Gasteiger partial charge is 0.255 e. The average Bonchev–Trinajstić information content (AvgIpc) is 2.91. The number of para-hydroxylation sites is 1. The third kappa shape index (κ3) is 4.74. The molecule has 0 saturated heterocycles. The maximum absolute atomic E-state index is 12.2. The van der Waals surface area contributed by atoms with Crippen molar-refractivity contribution in [3.8, 4) is 5.75 Å². The number of amides is 1. The normalized spacial score (nSPS) is 10.4. The number of halogens is 1. The minimum absolute atomic E-state index is 0.174. The third-order valence-corrected chi connectivity index (χ3v) is 3.96. The van der Waals surface area contributed by atoms with Crippen molar-refractivity contribution in [1.29, 1.82) is 0 Å². The Morgan fingerprint density at radius 1 is 1.24 bits per heavy atom. The average molecular weight is 326 g/mol. The molecule has 4 nitrogen and oxygen atoms in total. The van der Waals surface area contributed by atoms with Crippen LogP contribution in [0.5, 0.6) is 5.75 Å². The number of benzene rings is 1. The minimum Gasteiger partial charge on any atom is -0.490 e. The second-order valence-corrected chi connectivity index (χ2v) is 6.03. The summed E-state index contributed by atoms with van der Waals surface area (Å²) in [5.41, 5.74) is 0.510. The van der Waals surface area contributed by atoms with Crippen LogP contribution in [0.4, 0.5) is 0 Å². The lowest BCUT2D eigenvalue weighted by Crippen LogP contribution is -2.23. The highest BCUT2D eigenvalue weighted by Gasteiger charge is 2.12. The second kappa shape index (κ2) is 8.02. The van der Waals surface area contributed by atoms with E-state index in [1.807, 2.05) is 18.2 Å². The molecule has 1 N–H and O–H groups in total. The molecule has 1 aromatic carbocycles. The first kappa shape index (κ1) is 15.8. The Morgan fingerprint density at radius 2 is 2.05 bits per heavy atom. The molecule has 0 unspecified atom stereocenters. The Labute approximate surface area is 132 Å². The first-order chi connectivity index (χ1) is 10.2. The van der Waals surface area contributed by atoms with E-state index in [9.17, 15) is 4.79 Å². The predicted molar refractivity (Wildman–Crippen MR) is 84.3 cm³/mol. The zero-order valence-electron chi connectivity index (χ0n) is 11.6. The van der Waals surface area contributed by atoms with Crippen LogP contribution >= 0.6 is 22.9 Å². The third-order valence-electron chi connectivity index (χ3n) is 2.73. The van der Waals surface area contributed by atoms with Gasteiger partial charge in [0.05, 0.1) is 23.1 Å². The standard InChI is InChI=1S/C15H16ClNO3S/c1-19-8-9-20-13-5-3-2-4-12(13)15(18)17-10-11-6-7-14(16)21-11/h2-7H,8-10H2,1H3,(H,17,18). The van der Waals surface area contributed by atoms with Crippen molar-refractivity contribution in [2.45, 2.75) is 6.54 Å². The Bertz CT molecular complexity index is 600. The van der Waals surface area contributed by atoms with Crippen molar-refractivity contribution in [1.82, 2.24) is 5.32 Å². The summed E-state index contributed by atoms with van der Waals surface area (Å²) in [4.78, 5) is 13.2. The van der Waals surface area contributed by atoms with Crippen molar-refractivity contribution >= 4 is 28.8 Å².